The van der Waals surface area contributed by atoms with Crippen LogP contribution in [0, 0.1) is 0 Å². The van der Waals surface area contributed by atoms with Gasteiger partial charge in [0.15, 0.2) is 5.58 Å². The fraction of sp³-hybridized carbons (Fsp3) is 0. The van der Waals surface area contributed by atoms with Gasteiger partial charge in [-0.05, 0) is 105 Å². The first-order valence-electron chi connectivity index (χ1n) is 20.7. The zero-order valence-corrected chi connectivity index (χ0v) is 33.1. The van der Waals surface area contributed by atoms with Crippen LogP contribution in [0.15, 0.2) is 229 Å². The molecule has 3 heterocycles. The van der Waals surface area contributed by atoms with Gasteiger partial charge >= 0.3 is 0 Å². The molecule has 61 heavy (non-hydrogen) atoms. The van der Waals surface area contributed by atoms with Crippen molar-refractivity contribution in [2.75, 3.05) is 4.90 Å². The fourth-order valence-corrected chi connectivity index (χ4v) is 9.23. The lowest BCUT2D eigenvalue weighted by molar-refractivity contribution is 0.667. The van der Waals surface area contributed by atoms with Gasteiger partial charge in [-0.15, -0.1) is 0 Å². The summed E-state index contributed by atoms with van der Waals surface area (Å²) in [6, 6.07) is 76.2. The fourth-order valence-electron chi connectivity index (χ4n) is 9.23. The Balaban J connectivity index is 0.947. The van der Waals surface area contributed by atoms with Crippen LogP contribution in [0.5, 0.6) is 0 Å². The Kier molecular flexibility index (Phi) is 8.13. The maximum absolute atomic E-state index is 6.19. The summed E-state index contributed by atoms with van der Waals surface area (Å²) in [5, 5.41) is 7.17. The summed E-state index contributed by atoms with van der Waals surface area (Å²) in [6.07, 6.45) is 3.75. The number of aromatic nitrogens is 2. The number of pyridine rings is 1. The van der Waals surface area contributed by atoms with Crippen LogP contribution in [0.2, 0.25) is 0 Å². The molecule has 12 rings (SSSR count). The Morgan fingerprint density at radius 2 is 0.951 bits per heavy atom. The van der Waals surface area contributed by atoms with Crippen LogP contribution in [0.3, 0.4) is 0 Å². The van der Waals surface area contributed by atoms with Gasteiger partial charge in [0, 0.05) is 56.1 Å². The van der Waals surface area contributed by atoms with Crippen molar-refractivity contribution in [3.05, 3.63) is 225 Å². The van der Waals surface area contributed by atoms with Crippen molar-refractivity contribution >= 4 is 71.6 Å². The Morgan fingerprint density at radius 1 is 0.377 bits per heavy atom. The Labute approximate surface area is 352 Å². The number of hydrogen-bond acceptors (Lipinski definition) is 3. The zero-order valence-electron chi connectivity index (χ0n) is 33.1. The lowest BCUT2D eigenvalue weighted by Crippen LogP contribution is -2.10. The first-order valence-corrected chi connectivity index (χ1v) is 20.7. The van der Waals surface area contributed by atoms with Crippen LogP contribution < -0.4 is 4.90 Å². The molecule has 0 saturated heterocycles. The topological polar surface area (TPSA) is 34.2 Å². The molecule has 12 aromatic rings. The van der Waals surface area contributed by atoms with Crippen molar-refractivity contribution < 1.29 is 4.42 Å². The van der Waals surface area contributed by atoms with Gasteiger partial charge in [0.1, 0.15) is 5.58 Å². The van der Waals surface area contributed by atoms with Gasteiger partial charge in [0.2, 0.25) is 0 Å². The highest BCUT2D eigenvalue weighted by molar-refractivity contribution is 6.12. The molecule has 0 N–H and O–H groups in total. The molecule has 0 amide bonds. The number of nitrogens with zero attached hydrogens (tertiary/aromatic N) is 3. The minimum absolute atomic E-state index is 0.788. The molecule has 286 valence electrons. The SMILES string of the molecule is c1cc(-c2ccc(-n3c4ccccc4c4ccccc43)cc2)cc(N(c2ccc(-c3cccc4ccccc34)cc2)c2ccc(-c3cncc4oc5ccccc5c34)cc2)c1. The van der Waals surface area contributed by atoms with Crippen LogP contribution in [0.25, 0.3) is 93.6 Å². The summed E-state index contributed by atoms with van der Waals surface area (Å²) < 4.78 is 8.56. The van der Waals surface area contributed by atoms with Crippen LogP contribution in [-0.4, -0.2) is 9.55 Å². The van der Waals surface area contributed by atoms with Crippen molar-refractivity contribution in [2.45, 2.75) is 0 Å². The maximum atomic E-state index is 6.19. The van der Waals surface area contributed by atoms with Gasteiger partial charge in [-0.1, -0.05) is 146 Å². The van der Waals surface area contributed by atoms with Crippen LogP contribution in [0.1, 0.15) is 0 Å². The van der Waals surface area contributed by atoms with E-state index in [1.807, 2.05) is 24.5 Å². The molecular weight excluding hydrogens is 743 g/mol. The van der Waals surface area contributed by atoms with Gasteiger partial charge in [0.25, 0.3) is 0 Å². The van der Waals surface area contributed by atoms with E-state index in [-0.39, 0.29) is 0 Å². The second kappa shape index (κ2) is 14.3. The van der Waals surface area contributed by atoms with E-state index in [9.17, 15) is 0 Å². The zero-order chi connectivity index (χ0) is 40.3. The van der Waals surface area contributed by atoms with E-state index in [4.69, 9.17) is 4.42 Å². The molecular formula is C57H37N3O. The van der Waals surface area contributed by atoms with Crippen molar-refractivity contribution in [3.63, 3.8) is 0 Å². The summed E-state index contributed by atoms with van der Waals surface area (Å²) in [5.41, 5.74) is 15.2. The number of anilines is 3. The molecule has 0 saturated carbocycles. The molecule has 9 aromatic carbocycles. The molecule has 0 aliphatic carbocycles. The number of benzene rings is 9. The highest BCUT2D eigenvalue weighted by Gasteiger charge is 2.18. The molecule has 0 aliphatic heterocycles. The largest absolute Gasteiger partial charge is 0.454 e. The van der Waals surface area contributed by atoms with Crippen molar-refractivity contribution in [2.24, 2.45) is 0 Å². The quantitative estimate of drug-likeness (QED) is 0.162. The lowest BCUT2D eigenvalue weighted by atomic mass is 9.98. The average molecular weight is 780 g/mol. The molecule has 3 aromatic heterocycles. The highest BCUT2D eigenvalue weighted by Crippen LogP contribution is 2.41. The second-order valence-electron chi connectivity index (χ2n) is 15.6. The molecule has 0 spiro atoms. The van der Waals surface area contributed by atoms with E-state index in [1.54, 1.807) is 0 Å². The first kappa shape index (κ1) is 34.8. The monoisotopic (exact) mass is 779 g/mol. The third-order valence-electron chi connectivity index (χ3n) is 12.1. The van der Waals surface area contributed by atoms with Crippen LogP contribution in [0.4, 0.5) is 17.1 Å². The summed E-state index contributed by atoms with van der Waals surface area (Å²) in [5.74, 6) is 0. The second-order valence-corrected chi connectivity index (χ2v) is 15.6. The van der Waals surface area contributed by atoms with E-state index >= 15 is 0 Å². The summed E-state index contributed by atoms with van der Waals surface area (Å²) >= 11 is 0. The van der Waals surface area contributed by atoms with Gasteiger partial charge in [0.05, 0.1) is 17.2 Å². The van der Waals surface area contributed by atoms with E-state index < -0.39 is 0 Å². The molecule has 0 bridgehead atoms. The number of hydrogen-bond donors (Lipinski definition) is 0. The molecule has 0 fully saturated rings. The summed E-state index contributed by atoms with van der Waals surface area (Å²) in [6.45, 7) is 0. The van der Waals surface area contributed by atoms with Gasteiger partial charge in [-0.3, -0.25) is 4.98 Å². The Morgan fingerprint density at radius 3 is 1.67 bits per heavy atom. The minimum atomic E-state index is 0.788. The number of furan rings is 1. The molecule has 0 unspecified atom stereocenters. The maximum Gasteiger partial charge on any atom is 0.154 e. The van der Waals surface area contributed by atoms with Crippen molar-refractivity contribution in [1.29, 1.82) is 0 Å². The predicted molar refractivity (Wildman–Crippen MR) is 254 cm³/mol. The van der Waals surface area contributed by atoms with Gasteiger partial charge < -0.3 is 13.9 Å². The summed E-state index contributed by atoms with van der Waals surface area (Å²) in [7, 11) is 0. The Hall–Kier alpha value is -8.21. The first-order chi connectivity index (χ1) is 30.2. The van der Waals surface area contributed by atoms with E-state index in [2.05, 4.69) is 215 Å². The third kappa shape index (κ3) is 5.88. The van der Waals surface area contributed by atoms with E-state index in [0.717, 1.165) is 66.9 Å². The molecule has 0 radical (unpaired) electrons. The van der Waals surface area contributed by atoms with Crippen LogP contribution >= 0.6 is 0 Å². The smallest absolute Gasteiger partial charge is 0.154 e. The number of rotatable bonds is 7. The molecule has 4 heteroatoms. The Bertz CT molecular complexity index is 3520. The molecule has 4 nitrogen and oxygen atoms in total. The average Bonchev–Trinajstić information content (AvgIpc) is 3.88. The van der Waals surface area contributed by atoms with E-state index in [1.165, 1.54) is 43.7 Å². The number of fused-ring (bicyclic) bond motifs is 7. The standard InChI is InChI=1S/C57H37N3O/c1-2-15-47-39(11-1)12-10-19-48(47)40-25-31-43(32-26-40)59(44-33-27-41(28-34-44)52-36-58-37-56-57(52)51-18-5-8-22-55(51)61-56)46-14-9-13-42(35-46)38-23-29-45(30-24-38)60-53-20-6-3-16-49(53)50-17-4-7-21-54(50)60/h1-37H. The predicted octanol–water partition coefficient (Wildman–Crippen LogP) is 15.7. The van der Waals surface area contributed by atoms with Crippen molar-refractivity contribution in [1.82, 2.24) is 9.55 Å². The number of para-hydroxylation sites is 3. The lowest BCUT2D eigenvalue weighted by Gasteiger charge is -2.26. The van der Waals surface area contributed by atoms with Crippen molar-refractivity contribution in [3.8, 4) is 39.1 Å². The third-order valence-corrected chi connectivity index (χ3v) is 12.1. The summed E-state index contributed by atoms with van der Waals surface area (Å²) in [4.78, 5) is 6.91. The van der Waals surface area contributed by atoms with E-state index in [0.29, 0.717) is 0 Å². The van der Waals surface area contributed by atoms with Gasteiger partial charge in [-0.25, -0.2) is 0 Å². The van der Waals surface area contributed by atoms with Gasteiger partial charge in [-0.2, -0.15) is 0 Å². The van der Waals surface area contributed by atoms with Crippen LogP contribution in [-0.2, 0) is 0 Å². The molecule has 0 atom stereocenters. The minimum Gasteiger partial charge on any atom is -0.454 e. The highest BCUT2D eigenvalue weighted by atomic mass is 16.3. The molecule has 0 aliphatic rings. The normalized spacial score (nSPS) is 11.6.